The molecular formula is C19H21N3O2. The minimum absolute atomic E-state index is 0.392. The maximum absolute atomic E-state index is 11.5. The van der Waals surface area contributed by atoms with Crippen molar-refractivity contribution in [2.24, 2.45) is 5.92 Å². The first-order valence-electron chi connectivity index (χ1n) is 8.50. The molecule has 4 rings (SSSR count). The Kier molecular flexibility index (Phi) is 3.92. The summed E-state index contributed by atoms with van der Waals surface area (Å²) >= 11 is 0. The van der Waals surface area contributed by atoms with E-state index in [1.165, 1.54) is 31.9 Å². The van der Waals surface area contributed by atoms with Crippen molar-refractivity contribution in [2.45, 2.75) is 31.2 Å². The normalized spacial score (nSPS) is 25.5. The SMILES string of the molecule is COC(=O)c1cnc(N2CC(c3ccccc3)C3CCCC32)nc1. The van der Waals surface area contributed by atoms with E-state index in [9.17, 15) is 4.79 Å². The van der Waals surface area contributed by atoms with Crippen LogP contribution in [0.15, 0.2) is 42.7 Å². The molecule has 0 amide bonds. The van der Waals surface area contributed by atoms with Crippen LogP contribution in [0.2, 0.25) is 0 Å². The molecule has 0 bridgehead atoms. The van der Waals surface area contributed by atoms with Crippen LogP contribution in [0.1, 0.15) is 41.1 Å². The highest BCUT2D eigenvalue weighted by molar-refractivity contribution is 5.88. The predicted octanol–water partition coefficient (Wildman–Crippen LogP) is 3.04. The zero-order chi connectivity index (χ0) is 16.5. The number of carbonyl (C=O) groups is 1. The number of rotatable bonds is 3. The lowest BCUT2D eigenvalue weighted by Crippen LogP contribution is -2.31. The van der Waals surface area contributed by atoms with Crippen molar-refractivity contribution in [3.63, 3.8) is 0 Å². The molecule has 2 heterocycles. The van der Waals surface area contributed by atoms with E-state index < -0.39 is 5.97 Å². The number of fused-ring (bicyclic) bond motifs is 1. The largest absolute Gasteiger partial charge is 0.465 e. The van der Waals surface area contributed by atoms with Crippen molar-refractivity contribution < 1.29 is 9.53 Å². The second-order valence-corrected chi connectivity index (χ2v) is 6.59. The fourth-order valence-corrected chi connectivity index (χ4v) is 4.28. The first-order chi connectivity index (χ1) is 11.8. The summed E-state index contributed by atoms with van der Waals surface area (Å²) in [5.41, 5.74) is 1.80. The number of esters is 1. The Hall–Kier alpha value is -2.43. The molecule has 1 saturated carbocycles. The quantitative estimate of drug-likeness (QED) is 0.813. The van der Waals surface area contributed by atoms with Crippen LogP contribution >= 0.6 is 0 Å². The van der Waals surface area contributed by atoms with Crippen LogP contribution in [-0.2, 0) is 4.74 Å². The zero-order valence-corrected chi connectivity index (χ0v) is 13.8. The van der Waals surface area contributed by atoms with Crippen LogP contribution in [-0.4, -0.2) is 35.6 Å². The van der Waals surface area contributed by atoms with Crippen molar-refractivity contribution >= 4 is 11.9 Å². The highest BCUT2D eigenvalue weighted by atomic mass is 16.5. The van der Waals surface area contributed by atoms with E-state index in [0.29, 0.717) is 23.4 Å². The Morgan fingerprint density at radius 3 is 2.62 bits per heavy atom. The lowest BCUT2D eigenvalue weighted by molar-refractivity contribution is 0.0600. The third-order valence-electron chi connectivity index (χ3n) is 5.39. The first-order valence-corrected chi connectivity index (χ1v) is 8.50. The summed E-state index contributed by atoms with van der Waals surface area (Å²) < 4.78 is 4.71. The number of benzene rings is 1. The molecule has 2 aliphatic rings. The Bertz CT molecular complexity index is 717. The summed E-state index contributed by atoms with van der Waals surface area (Å²) in [4.78, 5) is 22.7. The Balaban J connectivity index is 1.60. The maximum atomic E-state index is 11.5. The van der Waals surface area contributed by atoms with Gasteiger partial charge in [0, 0.05) is 30.9 Å². The summed E-state index contributed by atoms with van der Waals surface area (Å²) in [6, 6.07) is 11.2. The second kappa shape index (κ2) is 6.23. The van der Waals surface area contributed by atoms with Gasteiger partial charge >= 0.3 is 5.97 Å². The summed E-state index contributed by atoms with van der Waals surface area (Å²) in [7, 11) is 1.37. The number of nitrogens with zero attached hydrogens (tertiary/aromatic N) is 3. The first kappa shape index (κ1) is 15.1. The summed E-state index contributed by atoms with van der Waals surface area (Å²) in [6.07, 6.45) is 6.84. The number of methoxy groups -OCH3 is 1. The fraction of sp³-hybridized carbons (Fsp3) is 0.421. The van der Waals surface area contributed by atoms with E-state index in [1.54, 1.807) is 12.4 Å². The van der Waals surface area contributed by atoms with Gasteiger partial charge in [-0.25, -0.2) is 14.8 Å². The topological polar surface area (TPSA) is 55.3 Å². The fourth-order valence-electron chi connectivity index (χ4n) is 4.28. The predicted molar refractivity (Wildman–Crippen MR) is 91.0 cm³/mol. The molecule has 1 aromatic heterocycles. The van der Waals surface area contributed by atoms with Gasteiger partial charge in [0.1, 0.15) is 0 Å². The van der Waals surface area contributed by atoms with Gasteiger partial charge in [-0.05, 0) is 24.3 Å². The van der Waals surface area contributed by atoms with Crippen molar-refractivity contribution in [3.05, 3.63) is 53.9 Å². The summed E-state index contributed by atoms with van der Waals surface area (Å²) in [5, 5.41) is 0. The van der Waals surface area contributed by atoms with Crippen molar-refractivity contribution in [1.82, 2.24) is 9.97 Å². The van der Waals surface area contributed by atoms with E-state index in [0.717, 1.165) is 12.5 Å². The third-order valence-corrected chi connectivity index (χ3v) is 5.39. The molecule has 2 aromatic rings. The molecule has 3 atom stereocenters. The van der Waals surface area contributed by atoms with Gasteiger partial charge in [0.15, 0.2) is 0 Å². The molecular weight excluding hydrogens is 302 g/mol. The van der Waals surface area contributed by atoms with Gasteiger partial charge < -0.3 is 9.64 Å². The van der Waals surface area contributed by atoms with Gasteiger partial charge in [-0.15, -0.1) is 0 Å². The van der Waals surface area contributed by atoms with E-state index in [-0.39, 0.29) is 0 Å². The standard InChI is InChI=1S/C19H21N3O2/c1-24-18(23)14-10-20-19(21-11-14)22-12-16(13-6-3-2-4-7-13)15-8-5-9-17(15)22/h2-4,6-7,10-11,15-17H,5,8-9,12H2,1H3. The smallest absolute Gasteiger partial charge is 0.341 e. The van der Waals surface area contributed by atoms with Gasteiger partial charge in [0.2, 0.25) is 5.95 Å². The van der Waals surface area contributed by atoms with Crippen LogP contribution in [0, 0.1) is 5.92 Å². The highest BCUT2D eigenvalue weighted by Gasteiger charge is 2.45. The van der Waals surface area contributed by atoms with E-state index in [4.69, 9.17) is 4.74 Å². The molecule has 5 nitrogen and oxygen atoms in total. The number of anilines is 1. The molecule has 124 valence electrons. The third kappa shape index (κ3) is 2.54. The number of aromatic nitrogens is 2. The van der Waals surface area contributed by atoms with Crippen LogP contribution < -0.4 is 4.90 Å². The average molecular weight is 323 g/mol. The molecule has 1 aliphatic carbocycles. The second-order valence-electron chi connectivity index (χ2n) is 6.59. The van der Waals surface area contributed by atoms with Crippen molar-refractivity contribution in [2.75, 3.05) is 18.6 Å². The maximum Gasteiger partial charge on any atom is 0.341 e. The Morgan fingerprint density at radius 1 is 1.17 bits per heavy atom. The molecule has 3 unspecified atom stereocenters. The number of carbonyl (C=O) groups excluding carboxylic acids is 1. The van der Waals surface area contributed by atoms with E-state index >= 15 is 0 Å². The number of ether oxygens (including phenoxy) is 1. The van der Waals surface area contributed by atoms with Gasteiger partial charge in [0.05, 0.1) is 12.7 Å². The lowest BCUT2D eigenvalue weighted by atomic mass is 9.87. The Labute approximate surface area is 141 Å². The molecule has 24 heavy (non-hydrogen) atoms. The molecule has 5 heteroatoms. The summed E-state index contributed by atoms with van der Waals surface area (Å²) in [5.74, 6) is 1.51. The average Bonchev–Trinajstić information content (AvgIpc) is 3.24. The highest BCUT2D eigenvalue weighted by Crippen LogP contribution is 2.46. The Morgan fingerprint density at radius 2 is 1.92 bits per heavy atom. The summed E-state index contributed by atoms with van der Waals surface area (Å²) in [6.45, 7) is 0.941. The number of hydrogen-bond acceptors (Lipinski definition) is 5. The minimum Gasteiger partial charge on any atom is -0.465 e. The molecule has 0 radical (unpaired) electrons. The van der Waals surface area contributed by atoms with Crippen molar-refractivity contribution in [3.8, 4) is 0 Å². The van der Waals surface area contributed by atoms with Crippen LogP contribution in [0.5, 0.6) is 0 Å². The molecule has 2 fully saturated rings. The van der Waals surface area contributed by atoms with Crippen LogP contribution in [0.4, 0.5) is 5.95 Å². The monoisotopic (exact) mass is 323 g/mol. The van der Waals surface area contributed by atoms with Crippen LogP contribution in [0.3, 0.4) is 0 Å². The zero-order valence-electron chi connectivity index (χ0n) is 13.8. The van der Waals surface area contributed by atoms with Crippen LogP contribution in [0.25, 0.3) is 0 Å². The molecule has 0 N–H and O–H groups in total. The molecule has 1 aliphatic heterocycles. The van der Waals surface area contributed by atoms with Crippen molar-refractivity contribution in [1.29, 1.82) is 0 Å². The number of hydrogen-bond donors (Lipinski definition) is 0. The van der Waals surface area contributed by atoms with Gasteiger partial charge in [0.25, 0.3) is 0 Å². The van der Waals surface area contributed by atoms with Gasteiger partial charge in [-0.3, -0.25) is 0 Å². The van der Waals surface area contributed by atoms with E-state index in [2.05, 4.69) is 45.2 Å². The lowest BCUT2D eigenvalue weighted by Gasteiger charge is -2.23. The van der Waals surface area contributed by atoms with Gasteiger partial charge in [-0.1, -0.05) is 36.8 Å². The molecule has 0 spiro atoms. The van der Waals surface area contributed by atoms with E-state index in [1.807, 2.05) is 0 Å². The minimum atomic E-state index is -0.399. The molecule has 1 aromatic carbocycles. The molecule has 1 saturated heterocycles. The van der Waals surface area contributed by atoms with Gasteiger partial charge in [-0.2, -0.15) is 0 Å².